The van der Waals surface area contributed by atoms with Crippen LogP contribution in [0.1, 0.15) is 57.8 Å². The fourth-order valence-corrected chi connectivity index (χ4v) is 3.00. The van der Waals surface area contributed by atoms with Crippen LogP contribution in [0.15, 0.2) is 0 Å². The van der Waals surface area contributed by atoms with Gasteiger partial charge in [0.05, 0.1) is 11.5 Å². The zero-order valence-electron chi connectivity index (χ0n) is 10.5. The molecule has 4 nitrogen and oxygen atoms in total. The normalized spacial score (nSPS) is 24.8. The Labute approximate surface area is 103 Å². The van der Waals surface area contributed by atoms with E-state index in [2.05, 4.69) is 5.48 Å². The second kappa shape index (κ2) is 5.83. The Hall–Kier alpha value is -0.610. The van der Waals surface area contributed by atoms with E-state index in [0.717, 1.165) is 38.5 Å². The highest BCUT2D eigenvalue weighted by molar-refractivity contribution is 5.82. The van der Waals surface area contributed by atoms with E-state index in [0.29, 0.717) is 6.54 Å². The molecule has 0 saturated heterocycles. The van der Waals surface area contributed by atoms with Gasteiger partial charge in [-0.25, -0.2) is 5.48 Å². The zero-order valence-corrected chi connectivity index (χ0v) is 10.5. The van der Waals surface area contributed by atoms with Crippen LogP contribution in [0.5, 0.6) is 0 Å². The molecule has 0 unspecified atom stereocenters. The van der Waals surface area contributed by atoms with E-state index in [4.69, 9.17) is 10.6 Å². The third-order valence-electron chi connectivity index (χ3n) is 4.30. The number of hydrogen-bond acceptors (Lipinski definition) is 3. The molecule has 2 rings (SSSR count). The fraction of sp³-hybridized carbons (Fsp3) is 0.923. The predicted octanol–water partition coefficient (Wildman–Crippen LogP) is 1.89. The largest absolute Gasteiger partial charge is 0.329 e. The first-order valence-electron chi connectivity index (χ1n) is 6.93. The van der Waals surface area contributed by atoms with E-state index in [-0.39, 0.29) is 17.4 Å². The van der Waals surface area contributed by atoms with E-state index in [1.165, 1.54) is 19.3 Å². The Kier molecular flexibility index (Phi) is 4.40. The minimum atomic E-state index is -0.364. The number of nitrogens with one attached hydrogen (secondary N) is 1. The second-order valence-electron chi connectivity index (χ2n) is 5.50. The molecule has 2 aliphatic carbocycles. The first-order chi connectivity index (χ1) is 8.27. The predicted molar refractivity (Wildman–Crippen MR) is 66.1 cm³/mol. The molecule has 0 aromatic heterocycles. The highest BCUT2D eigenvalue weighted by Gasteiger charge is 2.38. The van der Waals surface area contributed by atoms with E-state index in [1.807, 2.05) is 0 Å². The van der Waals surface area contributed by atoms with Crippen molar-refractivity contribution in [2.24, 2.45) is 11.1 Å². The van der Waals surface area contributed by atoms with Crippen molar-refractivity contribution in [1.29, 1.82) is 0 Å². The molecule has 4 heteroatoms. The van der Waals surface area contributed by atoms with Gasteiger partial charge in [0.2, 0.25) is 0 Å². The smallest absolute Gasteiger partial charge is 0.251 e. The Morgan fingerprint density at radius 1 is 1.18 bits per heavy atom. The van der Waals surface area contributed by atoms with E-state index >= 15 is 0 Å². The molecule has 0 spiro atoms. The summed E-state index contributed by atoms with van der Waals surface area (Å²) in [6, 6.07) is 0. The standard InChI is InChI=1S/C13H24N2O2/c14-10-13(8-4-1-5-9-13)12(16)15-17-11-6-2-3-7-11/h11H,1-10,14H2,(H,15,16). The van der Waals surface area contributed by atoms with Gasteiger partial charge in [-0.3, -0.25) is 9.63 Å². The number of hydroxylamine groups is 1. The second-order valence-corrected chi connectivity index (χ2v) is 5.50. The number of nitrogens with two attached hydrogens (primary N) is 1. The maximum absolute atomic E-state index is 12.2. The highest BCUT2D eigenvalue weighted by Crippen LogP contribution is 2.35. The molecule has 2 aliphatic rings. The average Bonchev–Trinajstić information content (AvgIpc) is 2.90. The molecule has 2 fully saturated rings. The number of carbonyl (C=O) groups excluding carboxylic acids is 1. The summed E-state index contributed by atoms with van der Waals surface area (Å²) in [4.78, 5) is 17.7. The van der Waals surface area contributed by atoms with Crippen molar-refractivity contribution in [3.05, 3.63) is 0 Å². The lowest BCUT2D eigenvalue weighted by molar-refractivity contribution is -0.150. The van der Waals surface area contributed by atoms with Crippen LogP contribution in [0.4, 0.5) is 0 Å². The lowest BCUT2D eigenvalue weighted by Gasteiger charge is -2.34. The first-order valence-corrected chi connectivity index (χ1v) is 6.93. The van der Waals surface area contributed by atoms with Crippen molar-refractivity contribution in [2.75, 3.05) is 6.54 Å². The number of hydrogen-bond donors (Lipinski definition) is 2. The van der Waals surface area contributed by atoms with Crippen molar-refractivity contribution < 1.29 is 9.63 Å². The summed E-state index contributed by atoms with van der Waals surface area (Å²) in [6.45, 7) is 0.437. The number of amides is 1. The van der Waals surface area contributed by atoms with Crippen LogP contribution >= 0.6 is 0 Å². The van der Waals surface area contributed by atoms with Crippen LogP contribution in [0, 0.1) is 5.41 Å². The molecule has 0 aromatic carbocycles. The van der Waals surface area contributed by atoms with Crippen LogP contribution in [-0.2, 0) is 9.63 Å². The lowest BCUT2D eigenvalue weighted by atomic mass is 9.73. The third kappa shape index (κ3) is 2.99. The van der Waals surface area contributed by atoms with Gasteiger partial charge < -0.3 is 5.73 Å². The molecule has 0 aliphatic heterocycles. The van der Waals surface area contributed by atoms with Gasteiger partial charge in [-0.15, -0.1) is 0 Å². The summed E-state index contributed by atoms with van der Waals surface area (Å²) in [5.74, 6) is 0.00611. The Balaban J connectivity index is 1.83. The minimum Gasteiger partial charge on any atom is -0.329 e. The maximum Gasteiger partial charge on any atom is 0.251 e. The van der Waals surface area contributed by atoms with Crippen LogP contribution in [0.3, 0.4) is 0 Å². The minimum absolute atomic E-state index is 0.00611. The van der Waals surface area contributed by atoms with Crippen molar-refractivity contribution >= 4 is 5.91 Å². The number of rotatable bonds is 4. The van der Waals surface area contributed by atoms with E-state index in [9.17, 15) is 4.79 Å². The quantitative estimate of drug-likeness (QED) is 0.737. The zero-order chi connectivity index (χ0) is 12.1. The molecule has 0 radical (unpaired) electrons. The Morgan fingerprint density at radius 2 is 1.82 bits per heavy atom. The topological polar surface area (TPSA) is 64.4 Å². The van der Waals surface area contributed by atoms with Crippen molar-refractivity contribution in [3.8, 4) is 0 Å². The van der Waals surface area contributed by atoms with Gasteiger partial charge in [-0.1, -0.05) is 32.1 Å². The fourth-order valence-electron chi connectivity index (χ4n) is 3.00. The molecular formula is C13H24N2O2. The van der Waals surface area contributed by atoms with Crippen LogP contribution < -0.4 is 11.2 Å². The lowest BCUT2D eigenvalue weighted by Crippen LogP contribution is -2.47. The van der Waals surface area contributed by atoms with Gasteiger partial charge in [0.1, 0.15) is 0 Å². The maximum atomic E-state index is 12.2. The summed E-state index contributed by atoms with van der Waals surface area (Å²) >= 11 is 0. The molecule has 0 aromatic rings. The van der Waals surface area contributed by atoms with Crippen LogP contribution in [0.25, 0.3) is 0 Å². The molecule has 0 atom stereocenters. The monoisotopic (exact) mass is 240 g/mol. The molecule has 3 N–H and O–H groups in total. The molecular weight excluding hydrogens is 216 g/mol. The van der Waals surface area contributed by atoms with Crippen molar-refractivity contribution in [2.45, 2.75) is 63.9 Å². The number of carbonyl (C=O) groups is 1. The average molecular weight is 240 g/mol. The van der Waals surface area contributed by atoms with Crippen molar-refractivity contribution in [3.63, 3.8) is 0 Å². The van der Waals surface area contributed by atoms with Crippen LogP contribution in [0.2, 0.25) is 0 Å². The third-order valence-corrected chi connectivity index (χ3v) is 4.30. The SMILES string of the molecule is NCC1(C(=O)NOC2CCCC2)CCCCC1. The van der Waals surface area contributed by atoms with Gasteiger partial charge in [0, 0.05) is 6.54 Å². The summed E-state index contributed by atoms with van der Waals surface area (Å²) < 4.78 is 0. The summed E-state index contributed by atoms with van der Waals surface area (Å²) in [5, 5.41) is 0. The van der Waals surface area contributed by atoms with Gasteiger partial charge in [-0.05, 0) is 25.7 Å². The summed E-state index contributed by atoms with van der Waals surface area (Å²) in [5.41, 5.74) is 8.11. The van der Waals surface area contributed by atoms with Gasteiger partial charge >= 0.3 is 0 Å². The van der Waals surface area contributed by atoms with Crippen LogP contribution in [-0.4, -0.2) is 18.6 Å². The first kappa shape index (κ1) is 12.8. The molecule has 98 valence electrons. The molecule has 0 heterocycles. The van der Waals surface area contributed by atoms with Gasteiger partial charge in [0.25, 0.3) is 5.91 Å². The van der Waals surface area contributed by atoms with Crippen molar-refractivity contribution in [1.82, 2.24) is 5.48 Å². The summed E-state index contributed by atoms with van der Waals surface area (Å²) in [6.07, 6.45) is 10.0. The molecule has 2 saturated carbocycles. The molecule has 17 heavy (non-hydrogen) atoms. The summed E-state index contributed by atoms with van der Waals surface area (Å²) in [7, 11) is 0. The van der Waals surface area contributed by atoms with E-state index in [1.54, 1.807) is 0 Å². The van der Waals surface area contributed by atoms with Gasteiger partial charge in [0.15, 0.2) is 0 Å². The highest BCUT2D eigenvalue weighted by atomic mass is 16.7. The van der Waals surface area contributed by atoms with Gasteiger partial charge in [-0.2, -0.15) is 0 Å². The molecule has 1 amide bonds. The Bertz CT molecular complexity index is 256. The Morgan fingerprint density at radius 3 is 2.41 bits per heavy atom. The van der Waals surface area contributed by atoms with E-state index < -0.39 is 0 Å². The molecule has 0 bridgehead atoms.